The van der Waals surface area contributed by atoms with Gasteiger partial charge in [-0.15, -0.1) is 0 Å². The van der Waals surface area contributed by atoms with Crippen molar-refractivity contribution in [3.63, 3.8) is 0 Å². The lowest BCUT2D eigenvalue weighted by Crippen LogP contribution is -2.37. The second-order valence-corrected chi connectivity index (χ2v) is 6.81. The summed E-state index contributed by atoms with van der Waals surface area (Å²) in [5.41, 5.74) is 4.50. The van der Waals surface area contributed by atoms with E-state index in [4.69, 9.17) is 9.84 Å². The molecule has 3 aromatic rings. The van der Waals surface area contributed by atoms with Crippen LogP contribution in [0.25, 0.3) is 16.9 Å². The van der Waals surface area contributed by atoms with E-state index in [-0.39, 0.29) is 5.60 Å². The van der Waals surface area contributed by atoms with Gasteiger partial charge in [0.1, 0.15) is 11.4 Å². The van der Waals surface area contributed by atoms with Crippen LogP contribution in [0.5, 0.6) is 5.75 Å². The lowest BCUT2D eigenvalue weighted by molar-refractivity contribution is 0.0239. The summed E-state index contributed by atoms with van der Waals surface area (Å²) in [5.74, 6) is 0.990. The molecule has 1 aliphatic carbocycles. The molecule has 1 saturated carbocycles. The second-order valence-electron chi connectivity index (χ2n) is 6.81. The quantitative estimate of drug-likeness (QED) is 0.625. The fourth-order valence-electron chi connectivity index (χ4n) is 4.22. The van der Waals surface area contributed by atoms with E-state index in [1.807, 2.05) is 12.3 Å². The Morgan fingerprint density at radius 1 is 0.875 bits per heavy atom. The first-order valence-corrected chi connectivity index (χ1v) is 8.80. The zero-order chi connectivity index (χ0) is 16.0. The fraction of sp³-hybridized carbons (Fsp3) is 0.286. The summed E-state index contributed by atoms with van der Waals surface area (Å²) in [6.45, 7) is 0. The molecule has 0 bridgehead atoms. The van der Waals surface area contributed by atoms with Gasteiger partial charge in [-0.25, -0.2) is 4.68 Å². The van der Waals surface area contributed by atoms with Crippen LogP contribution in [-0.4, -0.2) is 9.78 Å². The van der Waals surface area contributed by atoms with Crippen LogP contribution >= 0.6 is 0 Å². The molecule has 0 unspecified atom stereocenters. The monoisotopic (exact) mass is 316 g/mol. The van der Waals surface area contributed by atoms with Crippen LogP contribution in [0.15, 0.2) is 60.8 Å². The van der Waals surface area contributed by atoms with Gasteiger partial charge in [-0.05, 0) is 49.9 Å². The molecule has 0 amide bonds. The van der Waals surface area contributed by atoms with Crippen molar-refractivity contribution in [3.8, 4) is 22.7 Å². The van der Waals surface area contributed by atoms with Crippen molar-refractivity contribution < 1.29 is 4.74 Å². The van der Waals surface area contributed by atoms with Gasteiger partial charge in [-0.3, -0.25) is 0 Å². The van der Waals surface area contributed by atoms with Gasteiger partial charge in [0.15, 0.2) is 0 Å². The Hall–Kier alpha value is -2.55. The van der Waals surface area contributed by atoms with E-state index >= 15 is 0 Å². The molecule has 1 spiro atoms. The normalized spacial score (nSPS) is 17.8. The molecule has 1 aliphatic heterocycles. The minimum atomic E-state index is -0.199. The third-order valence-electron chi connectivity index (χ3n) is 5.37. The van der Waals surface area contributed by atoms with Crippen molar-refractivity contribution in [1.29, 1.82) is 0 Å². The molecule has 120 valence electrons. The SMILES string of the molecule is c1ccc(-n2ncc3c2-c2ccccc2OC32CCCCC2)cc1. The van der Waals surface area contributed by atoms with Crippen molar-refractivity contribution in [1.82, 2.24) is 9.78 Å². The predicted molar refractivity (Wildman–Crippen MR) is 94.4 cm³/mol. The highest BCUT2D eigenvalue weighted by Crippen LogP contribution is 2.51. The Kier molecular flexibility index (Phi) is 3.02. The smallest absolute Gasteiger partial charge is 0.138 e. The molecule has 0 radical (unpaired) electrons. The number of benzene rings is 2. The molecule has 2 aliphatic rings. The molecule has 0 atom stereocenters. The molecular formula is C21H20N2O. The Bertz CT molecular complexity index is 876. The van der Waals surface area contributed by atoms with E-state index in [0.29, 0.717) is 0 Å². The Morgan fingerprint density at radius 2 is 1.62 bits per heavy atom. The standard InChI is InChI=1S/C21H20N2O/c1-3-9-16(10-4-1)23-20-17-11-5-6-12-19(17)24-21(18(20)15-22-23)13-7-2-8-14-21/h1,3-6,9-12,15H,2,7-8,13-14H2. The molecule has 2 heterocycles. The van der Waals surface area contributed by atoms with Crippen LogP contribution in [0.3, 0.4) is 0 Å². The fourth-order valence-corrected chi connectivity index (χ4v) is 4.22. The number of para-hydroxylation sites is 2. The maximum atomic E-state index is 6.58. The number of ether oxygens (including phenoxy) is 1. The van der Waals surface area contributed by atoms with Gasteiger partial charge >= 0.3 is 0 Å². The average Bonchev–Trinajstić information content (AvgIpc) is 3.10. The lowest BCUT2D eigenvalue weighted by atomic mass is 9.77. The average molecular weight is 316 g/mol. The molecule has 1 fully saturated rings. The minimum Gasteiger partial charge on any atom is -0.482 e. The number of hydrogen-bond acceptors (Lipinski definition) is 2. The van der Waals surface area contributed by atoms with Crippen molar-refractivity contribution in [2.45, 2.75) is 37.7 Å². The number of nitrogens with zero attached hydrogens (tertiary/aromatic N) is 2. The first-order chi connectivity index (χ1) is 11.9. The van der Waals surface area contributed by atoms with Gasteiger partial charge in [0.05, 0.1) is 17.6 Å². The van der Waals surface area contributed by atoms with Crippen molar-refractivity contribution in [2.24, 2.45) is 0 Å². The molecule has 1 aromatic heterocycles. The first kappa shape index (κ1) is 13.8. The largest absolute Gasteiger partial charge is 0.482 e. The van der Waals surface area contributed by atoms with Crippen molar-refractivity contribution in [3.05, 3.63) is 66.4 Å². The maximum Gasteiger partial charge on any atom is 0.138 e. The Morgan fingerprint density at radius 3 is 2.46 bits per heavy atom. The van der Waals surface area contributed by atoms with Gasteiger partial charge in [-0.2, -0.15) is 5.10 Å². The molecule has 3 heteroatoms. The zero-order valence-electron chi connectivity index (χ0n) is 13.6. The van der Waals surface area contributed by atoms with Crippen LogP contribution in [0.2, 0.25) is 0 Å². The summed E-state index contributed by atoms with van der Waals surface area (Å²) >= 11 is 0. The zero-order valence-corrected chi connectivity index (χ0v) is 13.6. The van der Waals surface area contributed by atoms with Gasteiger partial charge in [-0.1, -0.05) is 36.8 Å². The second kappa shape index (κ2) is 5.23. The van der Waals surface area contributed by atoms with Crippen LogP contribution in [0.4, 0.5) is 0 Å². The Labute approximate surface area is 141 Å². The highest BCUT2D eigenvalue weighted by molar-refractivity contribution is 5.75. The van der Waals surface area contributed by atoms with Crippen LogP contribution in [-0.2, 0) is 5.60 Å². The minimum absolute atomic E-state index is 0.199. The van der Waals surface area contributed by atoms with E-state index in [1.165, 1.54) is 30.5 Å². The molecule has 24 heavy (non-hydrogen) atoms. The third-order valence-corrected chi connectivity index (χ3v) is 5.37. The third kappa shape index (κ3) is 1.94. The van der Waals surface area contributed by atoms with Gasteiger partial charge < -0.3 is 4.74 Å². The highest BCUT2D eigenvalue weighted by Gasteiger charge is 2.44. The topological polar surface area (TPSA) is 27.1 Å². The molecule has 2 aromatic carbocycles. The van der Waals surface area contributed by atoms with Crippen LogP contribution < -0.4 is 4.74 Å². The van der Waals surface area contributed by atoms with E-state index < -0.39 is 0 Å². The lowest BCUT2D eigenvalue weighted by Gasteiger charge is -2.41. The molecule has 3 nitrogen and oxygen atoms in total. The first-order valence-electron chi connectivity index (χ1n) is 8.80. The summed E-state index contributed by atoms with van der Waals surface area (Å²) < 4.78 is 8.66. The number of fused-ring (bicyclic) bond motifs is 4. The number of hydrogen-bond donors (Lipinski definition) is 0. The maximum absolute atomic E-state index is 6.58. The summed E-state index contributed by atoms with van der Waals surface area (Å²) in [5, 5.41) is 4.75. The highest BCUT2D eigenvalue weighted by atomic mass is 16.5. The van der Waals surface area contributed by atoms with Crippen molar-refractivity contribution in [2.75, 3.05) is 0 Å². The number of aromatic nitrogens is 2. The van der Waals surface area contributed by atoms with Gasteiger partial charge in [0.2, 0.25) is 0 Å². The van der Waals surface area contributed by atoms with E-state index in [0.717, 1.165) is 29.8 Å². The van der Waals surface area contributed by atoms with E-state index in [9.17, 15) is 0 Å². The molecule has 5 rings (SSSR count). The summed E-state index contributed by atoms with van der Waals surface area (Å²) in [6, 6.07) is 18.8. The van der Waals surface area contributed by atoms with E-state index in [1.54, 1.807) is 0 Å². The Balaban J connectivity index is 1.77. The predicted octanol–water partition coefficient (Wildman–Crippen LogP) is 5.09. The molecular weight excluding hydrogens is 296 g/mol. The summed E-state index contributed by atoms with van der Waals surface area (Å²) in [7, 11) is 0. The number of rotatable bonds is 1. The van der Waals surface area contributed by atoms with Gasteiger partial charge in [0.25, 0.3) is 0 Å². The molecule has 0 N–H and O–H groups in total. The van der Waals surface area contributed by atoms with Gasteiger partial charge in [0, 0.05) is 11.1 Å². The van der Waals surface area contributed by atoms with Crippen molar-refractivity contribution >= 4 is 0 Å². The van der Waals surface area contributed by atoms with Crippen LogP contribution in [0, 0.1) is 0 Å². The summed E-state index contributed by atoms with van der Waals surface area (Å²) in [6.07, 6.45) is 7.93. The van der Waals surface area contributed by atoms with Crippen LogP contribution in [0.1, 0.15) is 37.7 Å². The van der Waals surface area contributed by atoms with E-state index in [2.05, 4.69) is 53.2 Å². The summed E-state index contributed by atoms with van der Waals surface area (Å²) in [4.78, 5) is 0. The molecule has 0 saturated heterocycles.